The molecule has 2 nitrogen and oxygen atoms in total. The van der Waals surface area contributed by atoms with Crippen LogP contribution >= 0.6 is 0 Å². The topological polar surface area (TPSA) is 20.3 Å². The molecule has 8 rings (SSSR count). The first-order chi connectivity index (χ1) is 21.8. The van der Waals surface area contributed by atoms with Crippen molar-refractivity contribution in [2.75, 3.05) is 4.90 Å². The van der Waals surface area contributed by atoms with Gasteiger partial charge in [0, 0.05) is 5.69 Å². The third kappa shape index (κ3) is 4.28. The SMILES string of the molecule is CC(C)(C)c1ccc(N2C(=O)C(c3cc4cccccc-4c3)(c3cc4cccccc-4c3)C2c2cc3cccccc-3c2)cc1. The van der Waals surface area contributed by atoms with Gasteiger partial charge in [-0.3, -0.25) is 4.79 Å². The minimum atomic E-state index is -0.898. The van der Waals surface area contributed by atoms with Crippen LogP contribution in [0.5, 0.6) is 0 Å². The van der Waals surface area contributed by atoms with E-state index in [1.54, 1.807) is 0 Å². The molecule has 1 fully saturated rings. The standard InChI is InChI=1S/C43H35NO/c1-42(2,3)36-19-21-39(22-20-36)44-40(35-23-29-13-7-4-8-14-30(29)24-35)43(41(44)45,37-25-31-15-9-5-10-16-32(31)26-37)38-27-33-17-11-6-12-18-34(33)28-38/h4-28,40H,1-3H3. The zero-order valence-electron chi connectivity index (χ0n) is 25.9. The zero-order valence-corrected chi connectivity index (χ0v) is 25.9. The van der Waals surface area contributed by atoms with E-state index in [1.807, 2.05) is 4.90 Å². The van der Waals surface area contributed by atoms with Gasteiger partial charge >= 0.3 is 0 Å². The lowest BCUT2D eigenvalue weighted by Crippen LogP contribution is -2.66. The van der Waals surface area contributed by atoms with Crippen LogP contribution < -0.4 is 4.90 Å². The van der Waals surface area contributed by atoms with Crippen LogP contribution in [-0.4, -0.2) is 5.91 Å². The van der Waals surface area contributed by atoms with Gasteiger partial charge in [0.1, 0.15) is 5.41 Å². The highest BCUT2D eigenvalue weighted by atomic mass is 16.2. The first-order valence-electron chi connectivity index (χ1n) is 15.8. The maximum absolute atomic E-state index is 15.2. The number of rotatable bonds is 4. The van der Waals surface area contributed by atoms with E-state index in [1.165, 1.54) is 16.7 Å². The molecule has 1 aliphatic heterocycles. The molecule has 2 heteroatoms. The lowest BCUT2D eigenvalue weighted by Gasteiger charge is -2.56. The number of hydrogen-bond donors (Lipinski definition) is 0. The van der Waals surface area contributed by atoms with E-state index in [0.717, 1.165) is 44.6 Å². The van der Waals surface area contributed by atoms with Crippen molar-refractivity contribution in [3.8, 4) is 33.4 Å². The summed E-state index contributed by atoms with van der Waals surface area (Å²) >= 11 is 0. The fraction of sp³-hybridized carbons (Fsp3) is 0.140. The second kappa shape index (κ2) is 10.2. The molecule has 7 aliphatic rings. The molecule has 6 aliphatic carbocycles. The van der Waals surface area contributed by atoms with Gasteiger partial charge in [-0.2, -0.15) is 0 Å². The van der Waals surface area contributed by atoms with Gasteiger partial charge in [0.25, 0.3) is 0 Å². The van der Waals surface area contributed by atoms with Crippen molar-refractivity contribution in [1.82, 2.24) is 0 Å². The van der Waals surface area contributed by atoms with Crippen LogP contribution in [0.4, 0.5) is 5.69 Å². The Morgan fingerprint density at radius 2 is 0.889 bits per heavy atom. The molecule has 1 saturated heterocycles. The molecule has 218 valence electrons. The van der Waals surface area contributed by atoms with Crippen molar-refractivity contribution in [3.05, 3.63) is 174 Å². The lowest BCUT2D eigenvalue weighted by molar-refractivity contribution is -0.131. The van der Waals surface area contributed by atoms with Crippen LogP contribution in [-0.2, 0) is 15.6 Å². The summed E-state index contributed by atoms with van der Waals surface area (Å²) in [4.78, 5) is 17.3. The summed E-state index contributed by atoms with van der Waals surface area (Å²) in [5.74, 6) is 0.103. The Morgan fingerprint density at radius 1 is 0.511 bits per heavy atom. The molecule has 0 N–H and O–H groups in total. The fourth-order valence-corrected chi connectivity index (χ4v) is 7.35. The summed E-state index contributed by atoms with van der Waals surface area (Å²) in [6, 6.07) is 53.4. The van der Waals surface area contributed by atoms with E-state index in [4.69, 9.17) is 0 Å². The third-order valence-corrected chi connectivity index (χ3v) is 9.67. The number of nitrogens with zero attached hydrogens (tertiary/aromatic N) is 1. The normalized spacial score (nSPS) is 16.3. The van der Waals surface area contributed by atoms with Crippen molar-refractivity contribution >= 4 is 11.6 Å². The molecule has 1 amide bonds. The van der Waals surface area contributed by atoms with Gasteiger partial charge < -0.3 is 4.90 Å². The largest absolute Gasteiger partial charge is 0.302 e. The van der Waals surface area contributed by atoms with E-state index in [2.05, 4.69) is 172 Å². The summed E-state index contributed by atoms with van der Waals surface area (Å²) < 4.78 is 0. The van der Waals surface area contributed by atoms with Gasteiger partial charge in [0.15, 0.2) is 0 Å². The number of anilines is 1. The van der Waals surface area contributed by atoms with Crippen molar-refractivity contribution in [2.24, 2.45) is 0 Å². The van der Waals surface area contributed by atoms with E-state index < -0.39 is 5.41 Å². The molecular weight excluding hydrogens is 546 g/mol. The Labute approximate surface area is 265 Å². The minimum Gasteiger partial charge on any atom is -0.302 e. The second-order valence-corrected chi connectivity index (χ2v) is 13.4. The molecule has 1 unspecified atom stereocenters. The van der Waals surface area contributed by atoms with Gasteiger partial charge in [-0.15, -0.1) is 0 Å². The minimum absolute atomic E-state index is 0.0245. The molecule has 0 radical (unpaired) electrons. The maximum atomic E-state index is 15.2. The Morgan fingerprint density at radius 3 is 1.27 bits per heavy atom. The highest BCUT2D eigenvalue weighted by molar-refractivity contribution is 6.13. The predicted molar refractivity (Wildman–Crippen MR) is 185 cm³/mol. The number of β-lactam (4-membered cyclic amide) rings is 1. The van der Waals surface area contributed by atoms with Gasteiger partial charge in [0.05, 0.1) is 6.04 Å². The highest BCUT2D eigenvalue weighted by Gasteiger charge is 2.64. The number of fused-ring (bicyclic) bond motifs is 3. The van der Waals surface area contributed by atoms with Crippen molar-refractivity contribution in [1.29, 1.82) is 0 Å². The third-order valence-electron chi connectivity index (χ3n) is 9.67. The molecule has 1 heterocycles. The summed E-state index contributed by atoms with van der Waals surface area (Å²) in [6.45, 7) is 6.67. The Balaban J connectivity index is 1.41. The quantitative estimate of drug-likeness (QED) is 0.189. The van der Waals surface area contributed by atoms with E-state index in [-0.39, 0.29) is 17.4 Å². The van der Waals surface area contributed by atoms with E-state index in [9.17, 15) is 0 Å². The number of hydrogen-bond acceptors (Lipinski definition) is 1. The molecule has 0 spiro atoms. The molecular formula is C43H35NO. The van der Waals surface area contributed by atoms with Crippen LogP contribution in [0, 0.1) is 0 Å². The van der Waals surface area contributed by atoms with Gasteiger partial charge in [-0.1, -0.05) is 124 Å². The molecule has 0 bridgehead atoms. The molecule has 1 aromatic rings. The van der Waals surface area contributed by atoms with Crippen molar-refractivity contribution in [3.63, 3.8) is 0 Å². The fourth-order valence-electron chi connectivity index (χ4n) is 7.35. The van der Waals surface area contributed by atoms with Crippen LogP contribution in [0.3, 0.4) is 0 Å². The highest BCUT2D eigenvalue weighted by Crippen LogP contribution is 2.60. The Hall–Kier alpha value is -5.21. The average molecular weight is 582 g/mol. The molecule has 0 saturated carbocycles. The van der Waals surface area contributed by atoms with E-state index in [0.29, 0.717) is 0 Å². The van der Waals surface area contributed by atoms with Crippen LogP contribution in [0.2, 0.25) is 0 Å². The molecule has 1 atom stereocenters. The van der Waals surface area contributed by atoms with Gasteiger partial charge in [-0.25, -0.2) is 0 Å². The van der Waals surface area contributed by atoms with Gasteiger partial charge in [-0.05, 0) is 110 Å². The van der Waals surface area contributed by atoms with Crippen LogP contribution in [0.25, 0.3) is 33.4 Å². The first kappa shape index (κ1) is 27.3. The predicted octanol–water partition coefficient (Wildman–Crippen LogP) is 10.4. The monoisotopic (exact) mass is 581 g/mol. The lowest BCUT2D eigenvalue weighted by atomic mass is 9.60. The number of benzene rings is 1. The summed E-state index contributed by atoms with van der Waals surface area (Å²) in [5.41, 5.74) is 11.4. The van der Waals surface area contributed by atoms with E-state index >= 15 is 4.79 Å². The number of carbonyl (C=O) groups is 1. The number of amides is 1. The first-order valence-corrected chi connectivity index (χ1v) is 15.8. The molecule has 0 aromatic heterocycles. The maximum Gasteiger partial charge on any atom is 0.245 e. The van der Waals surface area contributed by atoms with Crippen molar-refractivity contribution < 1.29 is 4.79 Å². The average Bonchev–Trinajstić information content (AvgIpc) is 3.56. The molecule has 45 heavy (non-hydrogen) atoms. The second-order valence-electron chi connectivity index (χ2n) is 13.4. The number of carbonyl (C=O) groups excluding carboxylic acids is 1. The van der Waals surface area contributed by atoms with Gasteiger partial charge in [0.2, 0.25) is 5.91 Å². The summed E-state index contributed by atoms with van der Waals surface area (Å²) in [6.07, 6.45) is 0. The molecule has 1 aromatic carbocycles. The smallest absolute Gasteiger partial charge is 0.245 e. The Bertz CT molecular complexity index is 1920. The van der Waals surface area contributed by atoms with Crippen LogP contribution in [0.1, 0.15) is 49.1 Å². The summed E-state index contributed by atoms with van der Waals surface area (Å²) in [7, 11) is 0. The summed E-state index contributed by atoms with van der Waals surface area (Å²) in [5, 5.41) is 0. The Kier molecular flexibility index (Phi) is 6.18. The zero-order chi connectivity index (χ0) is 30.8. The van der Waals surface area contributed by atoms with Crippen molar-refractivity contribution in [2.45, 2.75) is 37.6 Å². The van der Waals surface area contributed by atoms with Crippen LogP contribution in [0.15, 0.2) is 152 Å².